The smallest absolute Gasteiger partial charge is 0.294 e. The largest absolute Gasteiger partial charge is 0.431 e. The van der Waals surface area contributed by atoms with Crippen LogP contribution in [-0.4, -0.2) is 14.9 Å². The van der Waals surface area contributed by atoms with Crippen LogP contribution in [0.5, 0.6) is 0 Å². The molecule has 24 heavy (non-hydrogen) atoms. The summed E-state index contributed by atoms with van der Waals surface area (Å²) < 4.78 is 52.9. The summed E-state index contributed by atoms with van der Waals surface area (Å²) in [6.07, 6.45) is -4.94. The number of alkyl halides is 3. The van der Waals surface area contributed by atoms with Crippen molar-refractivity contribution in [1.82, 2.24) is 9.13 Å². The molecule has 2 aromatic rings. The molecule has 0 amide bonds. The number of aromatic nitrogens is 2. The van der Waals surface area contributed by atoms with Crippen LogP contribution in [0.25, 0.3) is 5.69 Å². The number of carbonyl (C=O) groups is 1. The number of nitrogens with zero attached hydrogens (tertiary/aromatic N) is 2. The molecule has 0 bridgehead atoms. The zero-order chi connectivity index (χ0) is 18.4. The Morgan fingerprint density at radius 3 is 2.25 bits per heavy atom. The topological polar surface area (TPSA) is 61.1 Å². The first-order chi connectivity index (χ1) is 10.9. The van der Waals surface area contributed by atoms with Gasteiger partial charge in [0, 0.05) is 18.7 Å². The summed E-state index contributed by atoms with van der Waals surface area (Å²) in [5.74, 6) is -1.71. The van der Waals surface area contributed by atoms with Gasteiger partial charge < -0.3 is 0 Å². The van der Waals surface area contributed by atoms with Crippen molar-refractivity contribution in [2.45, 2.75) is 13.1 Å². The zero-order valence-electron chi connectivity index (χ0n) is 12.2. The molecule has 0 aliphatic carbocycles. The molecule has 0 radical (unpaired) electrons. The summed E-state index contributed by atoms with van der Waals surface area (Å²) in [7, 11) is 0.792. The molecular formula is C14H9ClF4N2O3. The molecule has 10 heteroatoms. The van der Waals surface area contributed by atoms with Gasteiger partial charge in [0.25, 0.3) is 5.56 Å². The van der Waals surface area contributed by atoms with E-state index in [0.29, 0.717) is 6.07 Å². The molecule has 2 rings (SSSR count). The van der Waals surface area contributed by atoms with Gasteiger partial charge >= 0.3 is 11.9 Å². The fraction of sp³-hybridized carbons (Fsp3) is 0.214. The van der Waals surface area contributed by atoms with Gasteiger partial charge in [0.05, 0.1) is 10.7 Å². The molecule has 1 aromatic heterocycles. The molecule has 1 aromatic carbocycles. The van der Waals surface area contributed by atoms with Crippen molar-refractivity contribution in [2.75, 3.05) is 0 Å². The minimum Gasteiger partial charge on any atom is -0.294 e. The minimum atomic E-state index is -4.94. The van der Waals surface area contributed by atoms with Crippen molar-refractivity contribution >= 4 is 17.4 Å². The average Bonchev–Trinajstić information content (AvgIpc) is 2.43. The van der Waals surface area contributed by atoms with Gasteiger partial charge in [-0.05, 0) is 19.1 Å². The van der Waals surface area contributed by atoms with Gasteiger partial charge in [0.1, 0.15) is 11.5 Å². The van der Waals surface area contributed by atoms with Gasteiger partial charge in [0.2, 0.25) is 0 Å². The Morgan fingerprint density at radius 2 is 1.75 bits per heavy atom. The van der Waals surface area contributed by atoms with E-state index in [4.69, 9.17) is 11.6 Å². The van der Waals surface area contributed by atoms with Gasteiger partial charge in [-0.2, -0.15) is 13.2 Å². The number of hydrogen-bond acceptors (Lipinski definition) is 3. The van der Waals surface area contributed by atoms with Gasteiger partial charge in [0.15, 0.2) is 5.78 Å². The average molecular weight is 365 g/mol. The van der Waals surface area contributed by atoms with E-state index in [9.17, 15) is 31.9 Å². The summed E-state index contributed by atoms with van der Waals surface area (Å²) in [4.78, 5) is 35.5. The van der Waals surface area contributed by atoms with E-state index in [1.807, 2.05) is 0 Å². The molecule has 0 saturated heterocycles. The van der Waals surface area contributed by atoms with Crippen molar-refractivity contribution in [3.63, 3.8) is 0 Å². The van der Waals surface area contributed by atoms with Crippen LogP contribution in [0.4, 0.5) is 17.6 Å². The van der Waals surface area contributed by atoms with Gasteiger partial charge in [-0.15, -0.1) is 0 Å². The minimum absolute atomic E-state index is 0.170. The van der Waals surface area contributed by atoms with E-state index < -0.39 is 40.4 Å². The maximum atomic E-state index is 14.1. The summed E-state index contributed by atoms with van der Waals surface area (Å²) in [5, 5.41) is -0.250. The van der Waals surface area contributed by atoms with Crippen LogP contribution in [0, 0.1) is 5.82 Å². The van der Waals surface area contributed by atoms with Crippen LogP contribution in [0.1, 0.15) is 23.0 Å². The highest BCUT2D eigenvalue weighted by Gasteiger charge is 2.35. The lowest BCUT2D eigenvalue weighted by Crippen LogP contribution is -2.41. The number of ketones is 1. The van der Waals surface area contributed by atoms with Crippen molar-refractivity contribution in [2.24, 2.45) is 7.05 Å². The highest BCUT2D eigenvalue weighted by Crippen LogP contribution is 2.27. The highest BCUT2D eigenvalue weighted by atomic mass is 35.5. The molecule has 0 aliphatic heterocycles. The maximum absolute atomic E-state index is 14.1. The highest BCUT2D eigenvalue weighted by molar-refractivity contribution is 6.33. The molecule has 128 valence electrons. The Morgan fingerprint density at radius 1 is 1.17 bits per heavy atom. The summed E-state index contributed by atoms with van der Waals surface area (Å²) >= 11 is 5.70. The molecule has 5 nitrogen and oxygen atoms in total. The second-order valence-electron chi connectivity index (χ2n) is 4.88. The van der Waals surface area contributed by atoms with Crippen molar-refractivity contribution < 1.29 is 22.4 Å². The third-order valence-electron chi connectivity index (χ3n) is 3.27. The Bertz CT molecular complexity index is 960. The van der Waals surface area contributed by atoms with Crippen LogP contribution in [0.3, 0.4) is 0 Å². The van der Waals surface area contributed by atoms with Crippen LogP contribution >= 0.6 is 11.6 Å². The molecule has 0 spiro atoms. The lowest BCUT2D eigenvalue weighted by Gasteiger charge is -2.15. The molecule has 0 unspecified atom stereocenters. The molecule has 0 N–H and O–H groups in total. The fourth-order valence-corrected chi connectivity index (χ4v) is 2.38. The van der Waals surface area contributed by atoms with E-state index in [1.165, 1.54) is 0 Å². The van der Waals surface area contributed by atoms with Gasteiger partial charge in [-0.25, -0.2) is 13.8 Å². The van der Waals surface area contributed by atoms with Gasteiger partial charge in [-0.3, -0.25) is 14.2 Å². The Balaban J connectivity index is 2.88. The molecule has 0 saturated carbocycles. The first-order valence-electron chi connectivity index (χ1n) is 6.35. The number of benzene rings is 1. The number of carbonyl (C=O) groups excluding carboxylic acids is 1. The van der Waals surface area contributed by atoms with Crippen LogP contribution in [-0.2, 0) is 13.2 Å². The standard InChI is InChI=1S/C14H9ClF4N2O3/c1-6(22)7-3-10(9(16)4-8(7)15)21-12(23)5-11(14(17,18)19)20(2)13(21)24/h3-5H,1-2H3. The fourth-order valence-electron chi connectivity index (χ4n) is 2.10. The monoisotopic (exact) mass is 364 g/mol. The Hall–Kier alpha value is -2.42. The summed E-state index contributed by atoms with van der Waals surface area (Å²) in [5.41, 5.74) is -5.12. The SMILES string of the molecule is CC(=O)c1cc(-n2c(=O)cc(C(F)(F)F)n(C)c2=O)c(F)cc1Cl. The van der Waals surface area contributed by atoms with Gasteiger partial charge in [-0.1, -0.05) is 11.6 Å². The van der Waals surface area contributed by atoms with Crippen molar-refractivity contribution in [3.8, 4) is 5.69 Å². The van der Waals surface area contributed by atoms with Crippen molar-refractivity contribution in [1.29, 1.82) is 0 Å². The van der Waals surface area contributed by atoms with E-state index in [0.717, 1.165) is 20.0 Å². The molecular weight excluding hydrogens is 356 g/mol. The number of hydrogen-bond donors (Lipinski definition) is 0. The number of rotatable bonds is 2. The third-order valence-corrected chi connectivity index (χ3v) is 3.58. The number of Topliss-reactive ketones (excluding diaryl/α,β-unsaturated/α-hetero) is 1. The summed E-state index contributed by atoms with van der Waals surface area (Å²) in [6, 6.07) is 1.72. The maximum Gasteiger partial charge on any atom is 0.431 e. The first-order valence-corrected chi connectivity index (χ1v) is 6.73. The van der Waals surface area contributed by atoms with E-state index in [-0.39, 0.29) is 25.8 Å². The van der Waals surface area contributed by atoms with Crippen LogP contribution < -0.4 is 11.2 Å². The van der Waals surface area contributed by atoms with E-state index >= 15 is 0 Å². The molecule has 0 aliphatic rings. The zero-order valence-corrected chi connectivity index (χ0v) is 13.0. The molecule has 0 atom stereocenters. The molecule has 1 heterocycles. The van der Waals surface area contributed by atoms with Crippen LogP contribution in [0.15, 0.2) is 27.8 Å². The third kappa shape index (κ3) is 2.99. The quantitative estimate of drug-likeness (QED) is 0.608. The molecule has 0 fully saturated rings. The Labute approximate surface area is 136 Å². The number of halogens is 5. The first kappa shape index (κ1) is 17.9. The Kier molecular flexibility index (Phi) is 4.40. The second-order valence-corrected chi connectivity index (χ2v) is 5.29. The van der Waals surface area contributed by atoms with E-state index in [2.05, 4.69) is 0 Å². The van der Waals surface area contributed by atoms with Crippen LogP contribution in [0.2, 0.25) is 5.02 Å². The van der Waals surface area contributed by atoms with E-state index in [1.54, 1.807) is 0 Å². The predicted molar refractivity (Wildman–Crippen MR) is 77.3 cm³/mol. The lowest BCUT2D eigenvalue weighted by molar-refractivity contribution is -0.144. The predicted octanol–water partition coefficient (Wildman–Crippen LogP) is 2.55. The summed E-state index contributed by atoms with van der Waals surface area (Å²) in [6.45, 7) is 1.12. The second kappa shape index (κ2) is 5.90. The van der Waals surface area contributed by atoms with Crippen molar-refractivity contribution in [3.05, 3.63) is 61.1 Å². The lowest BCUT2D eigenvalue weighted by atomic mass is 10.1. The normalized spacial score (nSPS) is 11.6.